The van der Waals surface area contributed by atoms with Gasteiger partial charge in [0.25, 0.3) is 0 Å². The van der Waals surface area contributed by atoms with Gasteiger partial charge in [0, 0.05) is 11.4 Å². The number of rotatable bonds is 7. The third kappa shape index (κ3) is 5.48. The maximum atomic E-state index is 11.5. The molecule has 0 heterocycles. The predicted molar refractivity (Wildman–Crippen MR) is 76.0 cm³/mol. The van der Waals surface area contributed by atoms with Crippen LogP contribution in [0.1, 0.15) is 25.3 Å². The van der Waals surface area contributed by atoms with Gasteiger partial charge in [0.2, 0.25) is 0 Å². The summed E-state index contributed by atoms with van der Waals surface area (Å²) in [7, 11) is 0. The normalized spacial score (nSPS) is 11.7. The minimum atomic E-state index is -1.13. The van der Waals surface area contributed by atoms with Crippen molar-refractivity contribution in [3.8, 4) is 0 Å². The molecule has 1 rings (SSSR count). The lowest BCUT2D eigenvalue weighted by Crippen LogP contribution is -2.42. The summed E-state index contributed by atoms with van der Waals surface area (Å²) in [4.78, 5) is 22.6. The first-order chi connectivity index (χ1) is 9.54. The fourth-order valence-corrected chi connectivity index (χ4v) is 1.79. The first kappa shape index (κ1) is 16.3. The zero-order valence-corrected chi connectivity index (χ0v) is 12.0. The van der Waals surface area contributed by atoms with Crippen LogP contribution in [0, 0.1) is 0 Å². The Kier molecular flexibility index (Phi) is 6.87. The molecule has 2 N–H and O–H groups in total. The number of nitrogens with one attached hydrogen (secondary N) is 1. The number of carboxylic acids is 1. The number of carboxylic acid groups (broad SMARTS) is 1. The molecule has 20 heavy (non-hydrogen) atoms. The van der Waals surface area contributed by atoms with Gasteiger partial charge in [0.05, 0.1) is 6.61 Å². The van der Waals surface area contributed by atoms with Crippen LogP contribution in [0.2, 0.25) is 5.02 Å². The van der Waals surface area contributed by atoms with Gasteiger partial charge in [-0.3, -0.25) is 0 Å². The van der Waals surface area contributed by atoms with Crippen molar-refractivity contribution < 1.29 is 19.4 Å². The quantitative estimate of drug-likeness (QED) is 0.759. The number of alkyl carbamates (subject to hydrolysis) is 1. The maximum Gasteiger partial charge on any atom is 0.407 e. The molecule has 0 aliphatic carbocycles. The van der Waals surface area contributed by atoms with Crippen molar-refractivity contribution in [2.75, 3.05) is 6.61 Å². The standard InChI is InChI=1S/C14H18ClNO4/c1-2-3-8-20-14(19)16-12(13(17)18)9-10-6-4-5-7-11(10)15/h4-7,12H,2-3,8-9H2,1H3,(H,16,19)(H,17,18). The van der Waals surface area contributed by atoms with E-state index in [0.717, 1.165) is 12.8 Å². The van der Waals surface area contributed by atoms with Crippen molar-refractivity contribution in [2.24, 2.45) is 0 Å². The number of aliphatic carboxylic acids is 1. The smallest absolute Gasteiger partial charge is 0.407 e. The van der Waals surface area contributed by atoms with Crippen molar-refractivity contribution in [2.45, 2.75) is 32.2 Å². The highest BCUT2D eigenvalue weighted by molar-refractivity contribution is 6.31. The largest absolute Gasteiger partial charge is 0.480 e. The van der Waals surface area contributed by atoms with E-state index in [0.29, 0.717) is 10.6 Å². The Hall–Kier alpha value is -1.75. The second-order valence-electron chi connectivity index (χ2n) is 4.32. The van der Waals surface area contributed by atoms with E-state index in [4.69, 9.17) is 21.4 Å². The third-order valence-electron chi connectivity index (χ3n) is 2.70. The molecule has 6 heteroatoms. The zero-order chi connectivity index (χ0) is 15.0. The van der Waals surface area contributed by atoms with E-state index in [1.54, 1.807) is 24.3 Å². The molecule has 1 aromatic carbocycles. The van der Waals surface area contributed by atoms with Crippen LogP contribution >= 0.6 is 11.6 Å². The van der Waals surface area contributed by atoms with Crippen LogP contribution in [0.3, 0.4) is 0 Å². The molecule has 0 saturated heterocycles. The molecule has 0 saturated carbocycles. The van der Waals surface area contributed by atoms with Crippen LogP contribution in [0.25, 0.3) is 0 Å². The van der Waals surface area contributed by atoms with Crippen molar-refractivity contribution in [3.63, 3.8) is 0 Å². The number of unbranched alkanes of at least 4 members (excludes halogenated alkanes) is 1. The average molecular weight is 300 g/mol. The number of benzene rings is 1. The minimum absolute atomic E-state index is 0.109. The van der Waals surface area contributed by atoms with Crippen LogP contribution in [0.15, 0.2) is 24.3 Å². The van der Waals surface area contributed by atoms with Crippen LogP contribution in [0.5, 0.6) is 0 Å². The molecule has 0 bridgehead atoms. The number of ether oxygens (including phenoxy) is 1. The first-order valence-electron chi connectivity index (χ1n) is 6.44. The predicted octanol–water partition coefficient (Wildman–Crippen LogP) is 2.86. The van der Waals surface area contributed by atoms with E-state index < -0.39 is 18.1 Å². The van der Waals surface area contributed by atoms with Crippen LogP contribution in [0.4, 0.5) is 4.79 Å². The van der Waals surface area contributed by atoms with Gasteiger partial charge in [-0.25, -0.2) is 9.59 Å². The van der Waals surface area contributed by atoms with E-state index in [9.17, 15) is 9.59 Å². The molecule has 110 valence electrons. The van der Waals surface area contributed by atoms with Crippen molar-refractivity contribution in [3.05, 3.63) is 34.9 Å². The summed E-state index contributed by atoms with van der Waals surface area (Å²) < 4.78 is 4.88. The van der Waals surface area contributed by atoms with Gasteiger partial charge in [-0.15, -0.1) is 0 Å². The van der Waals surface area contributed by atoms with Gasteiger partial charge >= 0.3 is 12.1 Å². The Labute approximate surface area is 122 Å². The summed E-state index contributed by atoms with van der Waals surface area (Å²) >= 11 is 5.98. The number of carbonyl (C=O) groups excluding carboxylic acids is 1. The fourth-order valence-electron chi connectivity index (χ4n) is 1.58. The molecular formula is C14H18ClNO4. The molecule has 5 nitrogen and oxygen atoms in total. The second-order valence-corrected chi connectivity index (χ2v) is 4.73. The maximum absolute atomic E-state index is 11.5. The van der Waals surface area contributed by atoms with Gasteiger partial charge in [-0.2, -0.15) is 0 Å². The topological polar surface area (TPSA) is 75.6 Å². The van der Waals surface area contributed by atoms with Crippen LogP contribution < -0.4 is 5.32 Å². The molecule has 1 aromatic rings. The van der Waals surface area contributed by atoms with E-state index in [2.05, 4.69) is 5.32 Å². The van der Waals surface area contributed by atoms with Crippen LogP contribution in [-0.2, 0) is 16.0 Å². The van der Waals surface area contributed by atoms with E-state index in [-0.39, 0.29) is 13.0 Å². The van der Waals surface area contributed by atoms with E-state index in [1.165, 1.54) is 0 Å². The van der Waals surface area contributed by atoms with Gasteiger partial charge in [-0.1, -0.05) is 43.1 Å². The number of hydrogen-bond acceptors (Lipinski definition) is 3. The molecule has 1 atom stereocenters. The van der Waals surface area contributed by atoms with E-state index >= 15 is 0 Å². The Morgan fingerprint density at radius 2 is 2.10 bits per heavy atom. The summed E-state index contributed by atoms with van der Waals surface area (Å²) in [6.45, 7) is 2.25. The average Bonchev–Trinajstić information content (AvgIpc) is 2.40. The Bertz CT molecular complexity index is 464. The highest BCUT2D eigenvalue weighted by atomic mass is 35.5. The molecule has 1 amide bonds. The Morgan fingerprint density at radius 1 is 1.40 bits per heavy atom. The number of hydrogen-bond donors (Lipinski definition) is 2. The molecule has 0 spiro atoms. The van der Waals surface area contributed by atoms with Gasteiger partial charge in [0.15, 0.2) is 0 Å². The number of halogens is 1. The second kappa shape index (κ2) is 8.43. The van der Waals surface area contributed by atoms with Crippen molar-refractivity contribution in [1.82, 2.24) is 5.32 Å². The monoisotopic (exact) mass is 299 g/mol. The first-order valence-corrected chi connectivity index (χ1v) is 6.82. The minimum Gasteiger partial charge on any atom is -0.480 e. The molecule has 0 fully saturated rings. The summed E-state index contributed by atoms with van der Waals surface area (Å²) in [6, 6.07) is 5.86. The molecule has 0 radical (unpaired) electrons. The molecule has 0 aromatic heterocycles. The Morgan fingerprint density at radius 3 is 2.70 bits per heavy atom. The molecular weight excluding hydrogens is 282 g/mol. The summed E-state index contributed by atoms with van der Waals surface area (Å²) in [6.07, 6.45) is 1.03. The molecule has 1 unspecified atom stereocenters. The van der Waals surface area contributed by atoms with Crippen molar-refractivity contribution >= 4 is 23.7 Å². The summed E-state index contributed by atoms with van der Waals surface area (Å²) in [5.74, 6) is -1.13. The summed E-state index contributed by atoms with van der Waals surface area (Å²) in [5, 5.41) is 11.9. The Balaban J connectivity index is 2.59. The lowest BCUT2D eigenvalue weighted by Gasteiger charge is -2.15. The van der Waals surface area contributed by atoms with Crippen molar-refractivity contribution in [1.29, 1.82) is 0 Å². The number of carbonyl (C=O) groups is 2. The SMILES string of the molecule is CCCCOC(=O)NC(Cc1ccccc1Cl)C(=O)O. The highest BCUT2D eigenvalue weighted by Crippen LogP contribution is 2.16. The van der Waals surface area contributed by atoms with Gasteiger partial charge in [-0.05, 0) is 18.1 Å². The highest BCUT2D eigenvalue weighted by Gasteiger charge is 2.21. The molecule has 0 aliphatic heterocycles. The van der Waals surface area contributed by atoms with Gasteiger partial charge < -0.3 is 15.2 Å². The lowest BCUT2D eigenvalue weighted by molar-refractivity contribution is -0.139. The van der Waals surface area contributed by atoms with E-state index in [1.807, 2.05) is 6.92 Å². The number of amides is 1. The lowest BCUT2D eigenvalue weighted by atomic mass is 10.1. The molecule has 0 aliphatic rings. The fraction of sp³-hybridized carbons (Fsp3) is 0.429. The zero-order valence-electron chi connectivity index (χ0n) is 11.3. The third-order valence-corrected chi connectivity index (χ3v) is 3.07. The van der Waals surface area contributed by atoms with Gasteiger partial charge in [0.1, 0.15) is 6.04 Å². The summed E-state index contributed by atoms with van der Waals surface area (Å²) in [5.41, 5.74) is 0.662. The van der Waals surface area contributed by atoms with Crippen LogP contribution in [-0.4, -0.2) is 29.8 Å².